The van der Waals surface area contributed by atoms with Gasteiger partial charge in [-0.25, -0.2) is 8.42 Å². The van der Waals surface area contributed by atoms with Crippen LogP contribution in [0, 0.1) is 46.3 Å². The summed E-state index contributed by atoms with van der Waals surface area (Å²) in [7, 11) is 0.197. The molecule has 44 heavy (non-hydrogen) atoms. The van der Waals surface area contributed by atoms with Crippen LogP contribution in [0.25, 0.3) is 0 Å². The molecule has 4 aliphatic rings. The van der Waals surface area contributed by atoms with Crippen molar-refractivity contribution in [2.75, 3.05) is 0 Å². The van der Waals surface area contributed by atoms with Crippen molar-refractivity contribution in [1.82, 2.24) is 0 Å². The van der Waals surface area contributed by atoms with Crippen molar-refractivity contribution >= 4 is 31.7 Å². The van der Waals surface area contributed by atoms with Gasteiger partial charge in [-0.1, -0.05) is 76.3 Å². The molecule has 10 heteroatoms. The van der Waals surface area contributed by atoms with Crippen LogP contribution >= 0.6 is 21.6 Å². The molecule has 4 aliphatic carbocycles. The van der Waals surface area contributed by atoms with Crippen molar-refractivity contribution in [3.63, 3.8) is 0 Å². The molecule has 0 amide bonds. The number of hydrogen-bond acceptors (Lipinski definition) is 5. The second-order valence-electron chi connectivity index (χ2n) is 14.9. The van der Waals surface area contributed by atoms with Gasteiger partial charge in [-0.3, -0.25) is 0 Å². The van der Waals surface area contributed by atoms with E-state index in [0.29, 0.717) is 10.8 Å². The van der Waals surface area contributed by atoms with Gasteiger partial charge in [0.05, 0.1) is 0 Å². The summed E-state index contributed by atoms with van der Waals surface area (Å²) >= 11 is 0. The topological polar surface area (TPSA) is 61.1 Å². The highest BCUT2D eigenvalue weighted by Gasteiger charge is 2.59. The average Bonchev–Trinajstić information content (AvgIpc) is 3.29. The van der Waals surface area contributed by atoms with Crippen molar-refractivity contribution in [3.05, 3.63) is 36.0 Å². The second-order valence-corrected chi connectivity index (χ2v) is 18.8. The number of halogens is 3. The van der Waals surface area contributed by atoms with E-state index in [0.717, 1.165) is 40.8 Å². The van der Waals surface area contributed by atoms with Gasteiger partial charge in [0.1, 0.15) is 7.05 Å². The quantitative estimate of drug-likeness (QED) is 0.0903. The predicted octanol–water partition coefficient (Wildman–Crippen LogP) is 9.71. The number of rotatable bonds is 8. The molecule has 0 aliphatic heterocycles. The maximum absolute atomic E-state index is 10.7. The van der Waals surface area contributed by atoms with E-state index in [-0.39, 0.29) is 0 Å². The van der Waals surface area contributed by atoms with Gasteiger partial charge in [0, 0.05) is 28.2 Å². The van der Waals surface area contributed by atoms with Gasteiger partial charge in [-0.15, -0.1) is 0 Å². The molecule has 1 heterocycles. The summed E-state index contributed by atoms with van der Waals surface area (Å²) in [6.45, 7) is 12.8. The van der Waals surface area contributed by atoms with Crippen LogP contribution in [0.5, 0.6) is 0 Å². The van der Waals surface area contributed by atoms with Crippen LogP contribution < -0.4 is 4.57 Å². The summed E-state index contributed by atoms with van der Waals surface area (Å²) in [4.78, 5) is 0. The van der Waals surface area contributed by atoms with Gasteiger partial charge >= 0.3 is 5.51 Å². The van der Waals surface area contributed by atoms with Gasteiger partial charge in [-0.05, 0) is 104 Å². The third kappa shape index (κ3) is 7.87. The van der Waals surface area contributed by atoms with Gasteiger partial charge in [0.25, 0.3) is 0 Å². The number of pyridine rings is 1. The Balaban J connectivity index is 0.000000488. The first kappa shape index (κ1) is 36.1. The number of alkyl halides is 3. The van der Waals surface area contributed by atoms with E-state index in [4.69, 9.17) is 13.0 Å². The normalized spacial score (nSPS) is 34.2. The average molecular weight is 676 g/mol. The van der Waals surface area contributed by atoms with Crippen LogP contribution in [0.4, 0.5) is 13.2 Å². The molecule has 1 aromatic rings. The lowest BCUT2D eigenvalue weighted by atomic mass is 9.47. The Labute approximate surface area is 272 Å². The van der Waals surface area contributed by atoms with Gasteiger partial charge in [0.15, 0.2) is 16.3 Å². The fraction of sp³-hybridized carbons (Fsp3) is 0.794. The Kier molecular flexibility index (Phi) is 11.6. The standard InChI is InChI=1S/C33H52NS2.CHF3O3S/c1-23(2)10-9-11-24(3)28-15-16-29-27-14-13-25-22-26(35-36-31-12-7-8-21-34(31)6)17-19-32(25,4)30(27)18-20-33(28,29)5;2-1(3,4)8(5,6)7/h7-8,12-13,21,23-24,26-30H,9-11,14-20,22H2,1-6H3;(H,5,6,7)/q+1;/p-1/t24?,26-,27-,28+,29-,30-,32-,33+;/m0./s1. The first-order chi connectivity index (χ1) is 20.5. The molecule has 4 nitrogen and oxygen atoms in total. The summed E-state index contributed by atoms with van der Waals surface area (Å²) in [6, 6.07) is 6.55. The van der Waals surface area contributed by atoms with E-state index < -0.39 is 15.6 Å². The Bertz CT molecular complexity index is 1270. The number of fused-ring (bicyclic) bond motifs is 5. The summed E-state index contributed by atoms with van der Waals surface area (Å²) < 4.78 is 61.2. The molecule has 0 saturated heterocycles. The lowest BCUT2D eigenvalue weighted by molar-refractivity contribution is -0.708. The van der Waals surface area contributed by atoms with Crippen LogP contribution in [0.1, 0.15) is 105 Å². The largest absolute Gasteiger partial charge is 0.741 e. The number of aryl methyl sites for hydroxylation is 1. The maximum atomic E-state index is 10.7. The number of hydrogen-bond donors (Lipinski definition) is 0. The predicted molar refractivity (Wildman–Crippen MR) is 174 cm³/mol. The van der Waals surface area contributed by atoms with E-state index in [1.807, 2.05) is 16.4 Å². The molecular formula is C34H52F3NO3S3. The Hall–Kier alpha value is -0.710. The highest BCUT2D eigenvalue weighted by molar-refractivity contribution is 8.76. The molecule has 3 saturated carbocycles. The smallest absolute Gasteiger partial charge is 0.485 e. The van der Waals surface area contributed by atoms with Crippen LogP contribution in [0.3, 0.4) is 0 Å². The minimum Gasteiger partial charge on any atom is -0.741 e. The Morgan fingerprint density at radius 2 is 1.75 bits per heavy atom. The molecule has 5 rings (SSSR count). The third-order valence-electron chi connectivity index (χ3n) is 11.8. The van der Waals surface area contributed by atoms with Crippen molar-refractivity contribution in [3.8, 4) is 0 Å². The maximum Gasteiger partial charge on any atom is 0.485 e. The van der Waals surface area contributed by atoms with E-state index in [2.05, 4.69) is 87.5 Å². The molecule has 0 radical (unpaired) electrons. The lowest BCUT2D eigenvalue weighted by Crippen LogP contribution is -2.50. The van der Waals surface area contributed by atoms with Crippen LogP contribution in [0.15, 0.2) is 41.1 Å². The fourth-order valence-corrected chi connectivity index (χ4v) is 12.2. The summed E-state index contributed by atoms with van der Waals surface area (Å²) in [6.07, 6.45) is 20.8. The summed E-state index contributed by atoms with van der Waals surface area (Å²) in [5, 5.41) is 2.14. The van der Waals surface area contributed by atoms with E-state index in [1.165, 1.54) is 75.7 Å². The zero-order valence-corrected chi connectivity index (χ0v) is 29.7. The summed E-state index contributed by atoms with van der Waals surface area (Å²) in [5.74, 6) is 5.61. The molecule has 3 fully saturated rings. The Morgan fingerprint density at radius 1 is 1.05 bits per heavy atom. The van der Waals surface area contributed by atoms with Crippen LogP contribution in [-0.2, 0) is 17.2 Å². The third-order valence-corrected chi connectivity index (χ3v) is 15.4. The molecule has 8 atom stereocenters. The fourth-order valence-electron chi connectivity index (χ4n) is 9.45. The SMILES string of the molecule is CC(C)CCCC(C)[C@H]1CC[C@H]2[C@@H]3CC=C4C[C@@H](SSc5cccc[n+]5C)CC[C@]4(C)[C@H]3CC[C@]12C.O=S(=O)([O-])C(F)(F)F. The molecule has 0 aromatic carbocycles. The minimum atomic E-state index is -6.09. The first-order valence-electron chi connectivity index (χ1n) is 16.5. The molecule has 250 valence electrons. The van der Waals surface area contributed by atoms with Gasteiger partial charge in [0.2, 0.25) is 5.03 Å². The second kappa shape index (κ2) is 14.2. The van der Waals surface area contributed by atoms with Crippen LogP contribution in [0.2, 0.25) is 0 Å². The molecule has 0 N–H and O–H groups in total. The van der Waals surface area contributed by atoms with Crippen molar-refractivity contribution in [2.24, 2.45) is 53.4 Å². The molecule has 0 bridgehead atoms. The number of aromatic nitrogens is 1. The summed E-state index contributed by atoms with van der Waals surface area (Å²) in [5.41, 5.74) is -2.72. The lowest BCUT2D eigenvalue weighted by Gasteiger charge is -2.58. The zero-order chi connectivity index (χ0) is 32.5. The molecule has 0 spiro atoms. The first-order valence-corrected chi connectivity index (χ1v) is 20.1. The van der Waals surface area contributed by atoms with Crippen molar-refractivity contribution in [1.29, 1.82) is 0 Å². The van der Waals surface area contributed by atoms with E-state index >= 15 is 0 Å². The molecular weight excluding hydrogens is 624 g/mol. The van der Waals surface area contributed by atoms with Crippen LogP contribution in [-0.4, -0.2) is 23.7 Å². The Morgan fingerprint density at radius 3 is 2.39 bits per heavy atom. The number of allylic oxidation sites excluding steroid dienone is 2. The van der Waals surface area contributed by atoms with E-state index in [1.54, 1.807) is 0 Å². The van der Waals surface area contributed by atoms with Gasteiger partial charge < -0.3 is 4.55 Å². The molecule has 1 aromatic heterocycles. The monoisotopic (exact) mass is 675 g/mol. The van der Waals surface area contributed by atoms with E-state index in [9.17, 15) is 13.2 Å². The number of nitrogens with zero attached hydrogens (tertiary/aromatic N) is 1. The van der Waals surface area contributed by atoms with Gasteiger partial charge in [-0.2, -0.15) is 17.7 Å². The molecule has 1 unspecified atom stereocenters. The zero-order valence-electron chi connectivity index (χ0n) is 27.2. The van der Waals surface area contributed by atoms with Crippen molar-refractivity contribution < 1.29 is 30.7 Å². The highest BCUT2D eigenvalue weighted by atomic mass is 33.1. The highest BCUT2D eigenvalue weighted by Crippen LogP contribution is 2.67. The minimum absolute atomic E-state index is 0.477. The van der Waals surface area contributed by atoms with Crippen molar-refractivity contribution in [2.45, 2.75) is 121 Å².